The molecule has 1 aliphatic heterocycles. The highest BCUT2D eigenvalue weighted by molar-refractivity contribution is 7.10. The number of nitrogens with one attached hydrogen (secondary N) is 1. The molecule has 2 heterocycles. The third kappa shape index (κ3) is 2.63. The first-order valence-electron chi connectivity index (χ1n) is 7.93. The van der Waals surface area contributed by atoms with E-state index in [-0.39, 0.29) is 11.8 Å². The summed E-state index contributed by atoms with van der Waals surface area (Å²) in [5.74, 6) is 1.22. The summed E-state index contributed by atoms with van der Waals surface area (Å²) in [4.78, 5) is 13.1. The van der Waals surface area contributed by atoms with Crippen molar-refractivity contribution in [3.8, 4) is 5.75 Å². The molecule has 0 saturated heterocycles. The van der Waals surface area contributed by atoms with E-state index in [1.807, 2.05) is 23.6 Å². The average Bonchev–Trinajstić information content (AvgIpc) is 3.18. The van der Waals surface area contributed by atoms with Crippen LogP contribution in [0.15, 0.2) is 35.7 Å². The van der Waals surface area contributed by atoms with Gasteiger partial charge < -0.3 is 10.1 Å². The SMILES string of the molecule is O=C1C[C@H](c2ccc(OC3CCCC3)cc2)c2sccc2N1. The predicted molar refractivity (Wildman–Crippen MR) is 88.7 cm³/mol. The smallest absolute Gasteiger partial charge is 0.225 e. The highest BCUT2D eigenvalue weighted by Crippen LogP contribution is 2.40. The van der Waals surface area contributed by atoms with Crippen LogP contribution in [0.2, 0.25) is 0 Å². The van der Waals surface area contributed by atoms with Crippen molar-refractivity contribution >= 4 is 22.9 Å². The molecule has 4 rings (SSSR count). The largest absolute Gasteiger partial charge is 0.490 e. The lowest BCUT2D eigenvalue weighted by atomic mass is 9.91. The predicted octanol–water partition coefficient (Wildman–Crippen LogP) is 4.54. The number of carbonyl (C=O) groups is 1. The molecular formula is C18H19NO2S. The number of rotatable bonds is 3. The van der Waals surface area contributed by atoms with Crippen molar-refractivity contribution in [1.29, 1.82) is 0 Å². The van der Waals surface area contributed by atoms with Gasteiger partial charge in [0.25, 0.3) is 0 Å². The van der Waals surface area contributed by atoms with E-state index in [9.17, 15) is 4.79 Å². The van der Waals surface area contributed by atoms with Crippen molar-refractivity contribution in [3.63, 3.8) is 0 Å². The van der Waals surface area contributed by atoms with Crippen LogP contribution < -0.4 is 10.1 Å². The number of carbonyl (C=O) groups excluding carboxylic acids is 1. The van der Waals surface area contributed by atoms with Crippen LogP contribution in [-0.2, 0) is 4.79 Å². The number of hydrogen-bond acceptors (Lipinski definition) is 3. The Bertz CT molecular complexity index is 671. The lowest BCUT2D eigenvalue weighted by Gasteiger charge is -2.23. The van der Waals surface area contributed by atoms with Crippen LogP contribution in [-0.4, -0.2) is 12.0 Å². The van der Waals surface area contributed by atoms with Gasteiger partial charge in [0.2, 0.25) is 5.91 Å². The van der Waals surface area contributed by atoms with Gasteiger partial charge in [-0.3, -0.25) is 4.79 Å². The molecular weight excluding hydrogens is 294 g/mol. The summed E-state index contributed by atoms with van der Waals surface area (Å²) in [6.45, 7) is 0. The van der Waals surface area contributed by atoms with E-state index in [1.165, 1.54) is 36.1 Å². The highest BCUT2D eigenvalue weighted by atomic mass is 32.1. The third-order valence-electron chi connectivity index (χ3n) is 4.56. The quantitative estimate of drug-likeness (QED) is 0.903. The van der Waals surface area contributed by atoms with Gasteiger partial charge in [-0.05, 0) is 54.8 Å². The van der Waals surface area contributed by atoms with Crippen LogP contribution in [0.4, 0.5) is 5.69 Å². The third-order valence-corrected chi connectivity index (χ3v) is 5.59. The molecule has 2 aliphatic rings. The molecule has 0 spiro atoms. The second-order valence-corrected chi connectivity index (χ2v) is 7.04. The summed E-state index contributed by atoms with van der Waals surface area (Å²) < 4.78 is 6.02. The van der Waals surface area contributed by atoms with E-state index in [0.29, 0.717) is 12.5 Å². The first kappa shape index (κ1) is 13.8. The van der Waals surface area contributed by atoms with Crippen molar-refractivity contribution in [2.24, 2.45) is 0 Å². The molecule has 1 amide bonds. The zero-order valence-corrected chi connectivity index (χ0v) is 13.2. The van der Waals surface area contributed by atoms with Crippen molar-refractivity contribution in [2.75, 3.05) is 5.32 Å². The van der Waals surface area contributed by atoms with Gasteiger partial charge in [0.05, 0.1) is 11.8 Å². The minimum Gasteiger partial charge on any atom is -0.490 e. The molecule has 1 N–H and O–H groups in total. The molecule has 1 aliphatic carbocycles. The molecule has 1 fully saturated rings. The van der Waals surface area contributed by atoms with E-state index in [1.54, 1.807) is 11.3 Å². The van der Waals surface area contributed by atoms with Crippen LogP contribution >= 0.6 is 11.3 Å². The lowest BCUT2D eigenvalue weighted by molar-refractivity contribution is -0.116. The number of hydrogen-bond donors (Lipinski definition) is 1. The first-order valence-corrected chi connectivity index (χ1v) is 8.81. The number of fused-ring (bicyclic) bond motifs is 1. The number of anilines is 1. The average molecular weight is 313 g/mol. The maximum absolute atomic E-state index is 11.9. The first-order chi connectivity index (χ1) is 10.8. The van der Waals surface area contributed by atoms with Gasteiger partial charge in [-0.25, -0.2) is 0 Å². The summed E-state index contributed by atoms with van der Waals surface area (Å²) in [5, 5.41) is 4.99. The minimum atomic E-state index is 0.0992. The fourth-order valence-electron chi connectivity index (χ4n) is 3.42. The fraction of sp³-hybridized carbons (Fsp3) is 0.389. The van der Waals surface area contributed by atoms with Crippen molar-refractivity contribution in [2.45, 2.75) is 44.1 Å². The van der Waals surface area contributed by atoms with Crippen LogP contribution in [0, 0.1) is 0 Å². The minimum absolute atomic E-state index is 0.0992. The molecule has 2 aromatic rings. The Morgan fingerprint density at radius 2 is 1.86 bits per heavy atom. The Balaban J connectivity index is 1.55. The van der Waals surface area contributed by atoms with Crippen LogP contribution in [0.25, 0.3) is 0 Å². The van der Waals surface area contributed by atoms with E-state index in [0.717, 1.165) is 11.4 Å². The van der Waals surface area contributed by atoms with Gasteiger partial charge in [-0.1, -0.05) is 12.1 Å². The zero-order valence-electron chi connectivity index (χ0n) is 12.4. The normalized spacial score (nSPS) is 21.5. The summed E-state index contributed by atoms with van der Waals surface area (Å²) in [6.07, 6.45) is 5.81. The molecule has 3 nitrogen and oxygen atoms in total. The Hall–Kier alpha value is -1.81. The Morgan fingerprint density at radius 1 is 1.09 bits per heavy atom. The summed E-state index contributed by atoms with van der Waals surface area (Å²) in [5.41, 5.74) is 2.16. The van der Waals surface area contributed by atoms with Crippen LogP contribution in [0.3, 0.4) is 0 Å². The fourth-order valence-corrected chi connectivity index (χ4v) is 4.40. The van der Waals surface area contributed by atoms with Gasteiger partial charge in [0, 0.05) is 17.2 Å². The number of benzene rings is 1. The maximum Gasteiger partial charge on any atom is 0.225 e. The maximum atomic E-state index is 11.9. The Kier molecular flexibility index (Phi) is 3.62. The molecule has 1 atom stereocenters. The van der Waals surface area contributed by atoms with E-state index in [4.69, 9.17) is 4.74 Å². The van der Waals surface area contributed by atoms with E-state index in [2.05, 4.69) is 17.4 Å². The van der Waals surface area contributed by atoms with Gasteiger partial charge in [0.1, 0.15) is 5.75 Å². The van der Waals surface area contributed by atoms with Crippen molar-refractivity contribution in [3.05, 3.63) is 46.2 Å². The lowest BCUT2D eigenvalue weighted by Crippen LogP contribution is -2.21. The Labute approximate surface area is 134 Å². The summed E-state index contributed by atoms with van der Waals surface area (Å²) in [6, 6.07) is 10.3. The Morgan fingerprint density at radius 3 is 2.64 bits per heavy atom. The molecule has 22 heavy (non-hydrogen) atoms. The molecule has 0 unspecified atom stereocenters. The molecule has 1 aromatic heterocycles. The monoisotopic (exact) mass is 313 g/mol. The molecule has 1 aromatic carbocycles. The standard InChI is InChI=1S/C18H19NO2S/c20-17-11-15(18-16(19-17)9-10-22-18)12-5-7-14(8-6-12)21-13-3-1-2-4-13/h5-10,13,15H,1-4,11H2,(H,19,20)/t15-/m1/s1. The molecule has 4 heteroatoms. The van der Waals surface area contributed by atoms with Crippen LogP contribution in [0.1, 0.15) is 48.5 Å². The highest BCUT2D eigenvalue weighted by Gasteiger charge is 2.27. The van der Waals surface area contributed by atoms with Gasteiger partial charge in [0.15, 0.2) is 0 Å². The van der Waals surface area contributed by atoms with Gasteiger partial charge in [-0.2, -0.15) is 0 Å². The van der Waals surface area contributed by atoms with Crippen LogP contribution in [0.5, 0.6) is 5.75 Å². The van der Waals surface area contributed by atoms with Gasteiger partial charge in [-0.15, -0.1) is 11.3 Å². The zero-order chi connectivity index (χ0) is 14.9. The molecule has 0 radical (unpaired) electrons. The second kappa shape index (κ2) is 5.76. The van der Waals surface area contributed by atoms with E-state index < -0.39 is 0 Å². The summed E-state index contributed by atoms with van der Waals surface area (Å²) in [7, 11) is 0. The van der Waals surface area contributed by atoms with E-state index >= 15 is 0 Å². The molecule has 1 saturated carbocycles. The molecule has 0 bridgehead atoms. The van der Waals surface area contributed by atoms with Crippen molar-refractivity contribution < 1.29 is 9.53 Å². The number of ether oxygens (including phenoxy) is 1. The topological polar surface area (TPSA) is 38.3 Å². The summed E-state index contributed by atoms with van der Waals surface area (Å²) >= 11 is 1.71. The molecule has 114 valence electrons. The number of thiophene rings is 1. The second-order valence-electron chi connectivity index (χ2n) is 6.10. The van der Waals surface area contributed by atoms with Crippen molar-refractivity contribution in [1.82, 2.24) is 0 Å². The van der Waals surface area contributed by atoms with Gasteiger partial charge >= 0.3 is 0 Å². The number of amides is 1.